The molecule has 1 aliphatic rings. The minimum absolute atomic E-state index is 0.0312. The highest BCUT2D eigenvalue weighted by Crippen LogP contribution is 2.31. The number of hydrogen-bond donors (Lipinski definition) is 2. The van der Waals surface area contributed by atoms with E-state index in [9.17, 15) is 9.59 Å². The topological polar surface area (TPSA) is 92.2 Å². The van der Waals surface area contributed by atoms with E-state index in [4.69, 9.17) is 23.2 Å². The molecule has 2 amide bonds. The summed E-state index contributed by atoms with van der Waals surface area (Å²) in [4.78, 5) is 26.6. The summed E-state index contributed by atoms with van der Waals surface area (Å²) in [7, 11) is 0. The fraction of sp³-hybridized carbons (Fsp3) is 0.238. The zero-order valence-corrected chi connectivity index (χ0v) is 19.3. The summed E-state index contributed by atoms with van der Waals surface area (Å²) in [5.41, 5.74) is 5.94. The summed E-state index contributed by atoms with van der Waals surface area (Å²) in [5.74, 6) is -0.0809. The highest BCUT2D eigenvalue weighted by atomic mass is 35.5. The minimum Gasteiger partial charge on any atom is -0.341 e. The maximum atomic E-state index is 12.3. The molecule has 2 N–H and O–H groups in total. The van der Waals surface area contributed by atoms with Gasteiger partial charge in [0.1, 0.15) is 0 Å². The first-order valence-corrected chi connectivity index (χ1v) is 11.7. The summed E-state index contributed by atoms with van der Waals surface area (Å²) < 4.78 is 1.87. The summed E-state index contributed by atoms with van der Waals surface area (Å²) in [6.45, 7) is 1.79. The Morgan fingerprint density at radius 1 is 0.969 bits per heavy atom. The van der Waals surface area contributed by atoms with Crippen molar-refractivity contribution in [2.24, 2.45) is 0 Å². The van der Waals surface area contributed by atoms with Crippen molar-refractivity contribution in [1.82, 2.24) is 25.6 Å². The molecule has 2 heterocycles. The number of halogens is 2. The fourth-order valence-corrected chi connectivity index (χ4v) is 4.37. The van der Waals surface area contributed by atoms with E-state index in [2.05, 4.69) is 25.9 Å². The first-order chi connectivity index (χ1) is 15.5. The Kier molecular flexibility index (Phi) is 7.19. The van der Waals surface area contributed by atoms with Gasteiger partial charge in [-0.05, 0) is 49.2 Å². The van der Waals surface area contributed by atoms with Crippen molar-refractivity contribution in [2.45, 2.75) is 18.0 Å². The summed E-state index contributed by atoms with van der Waals surface area (Å²) in [6.07, 6.45) is 2.18. The number of nitrogens with zero attached hydrogens (tertiary/aromatic N) is 4. The van der Waals surface area contributed by atoms with Crippen molar-refractivity contribution in [3.8, 4) is 5.69 Å². The van der Waals surface area contributed by atoms with Crippen LogP contribution < -0.4 is 15.8 Å². The first kappa shape index (κ1) is 22.4. The van der Waals surface area contributed by atoms with Crippen molar-refractivity contribution in [3.63, 3.8) is 0 Å². The molecule has 166 valence electrons. The predicted molar refractivity (Wildman–Crippen MR) is 126 cm³/mol. The standard InChI is InChI=1S/C21H20Cl2N6O2S/c22-15-9-7-14(8-10-15)19(31)25-24-18(30)13-32-21-27-26-20(28-11-3-4-12-28)29(21)17-6-2-1-5-16(17)23/h1-2,5-10H,3-4,11-13H2,(H,24,30)(H,25,31). The number of aromatic nitrogens is 3. The monoisotopic (exact) mass is 490 g/mol. The number of hydrogen-bond acceptors (Lipinski definition) is 6. The SMILES string of the molecule is O=C(CSc1nnc(N2CCCC2)n1-c1ccccc1Cl)NNC(=O)c1ccc(Cl)cc1. The maximum Gasteiger partial charge on any atom is 0.269 e. The molecular formula is C21H20Cl2N6O2S. The van der Waals surface area contributed by atoms with Gasteiger partial charge >= 0.3 is 0 Å². The predicted octanol–water partition coefficient (Wildman–Crippen LogP) is 3.73. The van der Waals surface area contributed by atoms with Crippen LogP contribution in [0.5, 0.6) is 0 Å². The van der Waals surface area contributed by atoms with E-state index < -0.39 is 5.91 Å². The van der Waals surface area contributed by atoms with Crippen molar-refractivity contribution in [3.05, 3.63) is 64.1 Å². The first-order valence-electron chi connectivity index (χ1n) is 9.96. The van der Waals surface area contributed by atoms with Crippen LogP contribution in [0.15, 0.2) is 53.7 Å². The Morgan fingerprint density at radius 3 is 2.41 bits per heavy atom. The fourth-order valence-electron chi connectivity index (χ4n) is 3.29. The number of benzene rings is 2. The molecule has 8 nitrogen and oxygen atoms in total. The van der Waals surface area contributed by atoms with E-state index in [0.29, 0.717) is 26.7 Å². The number of carbonyl (C=O) groups excluding carboxylic acids is 2. The Labute approximate surface area is 199 Å². The lowest BCUT2D eigenvalue weighted by molar-refractivity contribution is -0.119. The van der Waals surface area contributed by atoms with Crippen LogP contribution >= 0.6 is 35.0 Å². The molecule has 1 aliphatic heterocycles. The molecule has 11 heteroatoms. The molecule has 4 rings (SSSR count). The molecule has 0 radical (unpaired) electrons. The second-order valence-electron chi connectivity index (χ2n) is 7.06. The van der Waals surface area contributed by atoms with Gasteiger partial charge in [0.25, 0.3) is 5.91 Å². The molecular weight excluding hydrogens is 471 g/mol. The average molecular weight is 491 g/mol. The van der Waals surface area contributed by atoms with Crippen LogP contribution in [0.2, 0.25) is 10.0 Å². The summed E-state index contributed by atoms with van der Waals surface area (Å²) in [5, 5.41) is 10.3. The normalized spacial score (nSPS) is 13.2. The molecule has 0 unspecified atom stereocenters. The molecule has 1 aromatic heterocycles. The van der Waals surface area contributed by atoms with Gasteiger partial charge in [0.15, 0.2) is 5.16 Å². The third-order valence-electron chi connectivity index (χ3n) is 4.85. The molecule has 1 fully saturated rings. The minimum atomic E-state index is -0.435. The highest BCUT2D eigenvalue weighted by molar-refractivity contribution is 7.99. The lowest BCUT2D eigenvalue weighted by atomic mass is 10.2. The number of thioether (sulfide) groups is 1. The van der Waals surface area contributed by atoms with Crippen LogP contribution in [0.25, 0.3) is 5.69 Å². The van der Waals surface area contributed by atoms with Crippen molar-refractivity contribution < 1.29 is 9.59 Å². The van der Waals surface area contributed by atoms with Gasteiger partial charge in [0.2, 0.25) is 11.9 Å². The molecule has 2 aromatic carbocycles. The van der Waals surface area contributed by atoms with E-state index in [1.165, 1.54) is 11.8 Å². The molecule has 0 aliphatic carbocycles. The van der Waals surface area contributed by atoms with Gasteiger partial charge < -0.3 is 4.90 Å². The number of hydrazine groups is 1. The second-order valence-corrected chi connectivity index (χ2v) is 8.85. The maximum absolute atomic E-state index is 12.3. The van der Waals surface area contributed by atoms with Crippen LogP contribution in [-0.2, 0) is 4.79 Å². The quantitative estimate of drug-likeness (QED) is 0.404. The molecule has 0 atom stereocenters. The average Bonchev–Trinajstić information content (AvgIpc) is 3.47. The molecule has 0 spiro atoms. The van der Waals surface area contributed by atoms with Gasteiger partial charge in [-0.15, -0.1) is 10.2 Å². The van der Waals surface area contributed by atoms with Crippen LogP contribution in [0.3, 0.4) is 0 Å². The smallest absolute Gasteiger partial charge is 0.269 e. The van der Waals surface area contributed by atoms with Crippen LogP contribution in [0.4, 0.5) is 5.95 Å². The van der Waals surface area contributed by atoms with E-state index in [0.717, 1.165) is 31.6 Å². The Hall–Kier alpha value is -2.75. The van der Waals surface area contributed by atoms with E-state index in [1.54, 1.807) is 30.3 Å². The summed E-state index contributed by atoms with van der Waals surface area (Å²) in [6, 6.07) is 13.8. The lowest BCUT2D eigenvalue weighted by Gasteiger charge is -2.19. The zero-order valence-electron chi connectivity index (χ0n) is 16.9. The third kappa shape index (κ3) is 5.17. The number of rotatable bonds is 6. The highest BCUT2D eigenvalue weighted by Gasteiger charge is 2.24. The number of para-hydroxylation sites is 1. The third-order valence-corrected chi connectivity index (χ3v) is 6.35. The lowest BCUT2D eigenvalue weighted by Crippen LogP contribution is -2.42. The number of anilines is 1. The van der Waals surface area contributed by atoms with Gasteiger partial charge in [-0.25, -0.2) is 0 Å². The van der Waals surface area contributed by atoms with Gasteiger partial charge in [-0.2, -0.15) is 0 Å². The Balaban J connectivity index is 1.43. The Bertz CT molecular complexity index is 1120. The van der Waals surface area contributed by atoms with Crippen LogP contribution in [0.1, 0.15) is 23.2 Å². The molecule has 1 saturated heterocycles. The zero-order chi connectivity index (χ0) is 22.5. The molecule has 0 saturated carbocycles. The second kappa shape index (κ2) is 10.2. The van der Waals surface area contributed by atoms with Gasteiger partial charge in [-0.3, -0.25) is 25.0 Å². The van der Waals surface area contributed by atoms with E-state index in [-0.39, 0.29) is 11.7 Å². The van der Waals surface area contributed by atoms with Crippen molar-refractivity contribution in [1.29, 1.82) is 0 Å². The van der Waals surface area contributed by atoms with Gasteiger partial charge in [0, 0.05) is 23.7 Å². The largest absolute Gasteiger partial charge is 0.341 e. The Morgan fingerprint density at radius 2 is 1.69 bits per heavy atom. The van der Waals surface area contributed by atoms with Crippen LogP contribution in [0, 0.1) is 0 Å². The molecule has 32 heavy (non-hydrogen) atoms. The van der Waals surface area contributed by atoms with Gasteiger partial charge in [0.05, 0.1) is 16.5 Å². The molecule has 0 bridgehead atoms. The van der Waals surface area contributed by atoms with Crippen LogP contribution in [-0.4, -0.2) is 45.4 Å². The summed E-state index contributed by atoms with van der Waals surface area (Å²) >= 11 is 13.5. The molecule has 3 aromatic rings. The van der Waals surface area contributed by atoms with E-state index in [1.807, 2.05) is 22.8 Å². The van der Waals surface area contributed by atoms with E-state index >= 15 is 0 Å². The van der Waals surface area contributed by atoms with Crippen molar-refractivity contribution >= 4 is 52.7 Å². The van der Waals surface area contributed by atoms with Gasteiger partial charge in [-0.1, -0.05) is 47.1 Å². The number of nitrogens with one attached hydrogen (secondary N) is 2. The number of carbonyl (C=O) groups is 2. The number of amides is 2. The van der Waals surface area contributed by atoms with Crippen molar-refractivity contribution in [2.75, 3.05) is 23.7 Å².